The molecule has 17 heavy (non-hydrogen) atoms. The molecule has 0 saturated heterocycles. The molecule has 0 aliphatic rings. The van der Waals surface area contributed by atoms with Gasteiger partial charge in [-0.25, -0.2) is 0 Å². The van der Waals surface area contributed by atoms with Gasteiger partial charge in [-0.15, -0.1) is 0 Å². The number of aromatic nitrogens is 2. The van der Waals surface area contributed by atoms with Crippen molar-refractivity contribution in [1.82, 2.24) is 15.1 Å². The first-order valence-corrected chi connectivity index (χ1v) is 5.60. The lowest BCUT2D eigenvalue weighted by Gasteiger charge is -2.26. The lowest BCUT2D eigenvalue weighted by atomic mass is 10.0. The molecule has 0 aliphatic heterocycles. The van der Waals surface area contributed by atoms with E-state index < -0.39 is 5.54 Å². The van der Waals surface area contributed by atoms with E-state index in [0.29, 0.717) is 6.42 Å². The summed E-state index contributed by atoms with van der Waals surface area (Å²) in [5.74, 6) is -0.218. The number of amides is 1. The van der Waals surface area contributed by atoms with Gasteiger partial charge in [-0.1, -0.05) is 6.92 Å². The van der Waals surface area contributed by atoms with Crippen molar-refractivity contribution in [2.75, 3.05) is 6.61 Å². The van der Waals surface area contributed by atoms with Crippen molar-refractivity contribution in [3.8, 4) is 0 Å². The standard InChI is InChI=1S/C12H19N3O2/c1-4-12(2,9-16)14-11(17)6-5-10-7-8-13-15(10)3/h5-8,16H,4,9H2,1-3H3,(H,14,17). The molecule has 5 nitrogen and oxygen atoms in total. The van der Waals surface area contributed by atoms with Gasteiger partial charge in [0.1, 0.15) is 0 Å². The van der Waals surface area contributed by atoms with Crippen LogP contribution >= 0.6 is 0 Å². The third kappa shape index (κ3) is 3.71. The molecule has 0 radical (unpaired) electrons. The summed E-state index contributed by atoms with van der Waals surface area (Å²) in [5, 5.41) is 15.9. The van der Waals surface area contributed by atoms with Crippen LogP contribution in [0.3, 0.4) is 0 Å². The summed E-state index contributed by atoms with van der Waals surface area (Å²) in [6.45, 7) is 3.65. The molecule has 1 amide bonds. The van der Waals surface area contributed by atoms with Crippen LogP contribution in [0.15, 0.2) is 18.3 Å². The highest BCUT2D eigenvalue weighted by Crippen LogP contribution is 2.07. The van der Waals surface area contributed by atoms with E-state index in [-0.39, 0.29) is 12.5 Å². The molecule has 5 heteroatoms. The number of carbonyl (C=O) groups is 1. The third-order valence-electron chi connectivity index (χ3n) is 2.82. The first-order valence-electron chi connectivity index (χ1n) is 5.60. The van der Waals surface area contributed by atoms with Gasteiger partial charge < -0.3 is 10.4 Å². The van der Waals surface area contributed by atoms with Crippen molar-refractivity contribution in [2.24, 2.45) is 7.05 Å². The zero-order chi connectivity index (χ0) is 12.9. The van der Waals surface area contributed by atoms with Crippen LogP contribution in [0.5, 0.6) is 0 Å². The molecule has 0 fully saturated rings. The molecule has 0 bridgehead atoms. The lowest BCUT2D eigenvalue weighted by molar-refractivity contribution is -0.118. The zero-order valence-electron chi connectivity index (χ0n) is 10.5. The van der Waals surface area contributed by atoms with E-state index in [2.05, 4.69) is 10.4 Å². The second kappa shape index (κ2) is 5.63. The topological polar surface area (TPSA) is 67.2 Å². The van der Waals surface area contributed by atoms with E-state index in [0.717, 1.165) is 5.69 Å². The molecule has 1 aromatic heterocycles. The van der Waals surface area contributed by atoms with E-state index in [1.54, 1.807) is 17.0 Å². The number of hydrogen-bond acceptors (Lipinski definition) is 3. The number of aryl methyl sites for hydroxylation is 1. The molecule has 0 saturated carbocycles. The zero-order valence-corrected chi connectivity index (χ0v) is 10.5. The monoisotopic (exact) mass is 237 g/mol. The largest absolute Gasteiger partial charge is 0.394 e. The van der Waals surface area contributed by atoms with Gasteiger partial charge >= 0.3 is 0 Å². The van der Waals surface area contributed by atoms with Crippen LogP contribution < -0.4 is 5.32 Å². The lowest BCUT2D eigenvalue weighted by Crippen LogP contribution is -2.47. The van der Waals surface area contributed by atoms with Crippen molar-refractivity contribution in [1.29, 1.82) is 0 Å². The second-order valence-corrected chi connectivity index (χ2v) is 4.27. The molecule has 0 aromatic carbocycles. The molecule has 1 unspecified atom stereocenters. The summed E-state index contributed by atoms with van der Waals surface area (Å²) in [6.07, 6.45) is 5.48. The maximum Gasteiger partial charge on any atom is 0.244 e. The fourth-order valence-corrected chi connectivity index (χ4v) is 1.29. The molecular formula is C12H19N3O2. The van der Waals surface area contributed by atoms with E-state index in [9.17, 15) is 9.90 Å². The molecule has 0 spiro atoms. The average Bonchev–Trinajstić information content (AvgIpc) is 2.72. The molecule has 1 rings (SSSR count). The van der Waals surface area contributed by atoms with Gasteiger partial charge in [-0.2, -0.15) is 5.10 Å². The quantitative estimate of drug-likeness (QED) is 0.741. The van der Waals surface area contributed by atoms with Gasteiger partial charge in [0.05, 0.1) is 17.8 Å². The Labute approximate surface area is 101 Å². The Bertz CT molecular complexity index is 406. The Morgan fingerprint density at radius 1 is 1.71 bits per heavy atom. The number of rotatable bonds is 5. The smallest absolute Gasteiger partial charge is 0.244 e. The first kappa shape index (κ1) is 13.4. The van der Waals surface area contributed by atoms with Gasteiger partial charge in [0, 0.05) is 19.3 Å². The van der Waals surface area contributed by atoms with E-state index in [1.807, 2.05) is 27.0 Å². The Morgan fingerprint density at radius 3 is 2.88 bits per heavy atom. The Hall–Kier alpha value is -1.62. The Morgan fingerprint density at radius 2 is 2.41 bits per heavy atom. The number of nitrogens with zero attached hydrogens (tertiary/aromatic N) is 2. The molecule has 2 N–H and O–H groups in total. The van der Waals surface area contributed by atoms with Gasteiger partial charge in [-0.05, 0) is 25.5 Å². The average molecular weight is 237 g/mol. The fraction of sp³-hybridized carbons (Fsp3) is 0.500. The summed E-state index contributed by atoms with van der Waals surface area (Å²) >= 11 is 0. The second-order valence-electron chi connectivity index (χ2n) is 4.27. The van der Waals surface area contributed by atoms with E-state index in [4.69, 9.17) is 0 Å². The predicted octanol–water partition coefficient (Wildman–Crippen LogP) is 0.711. The summed E-state index contributed by atoms with van der Waals surface area (Å²) in [4.78, 5) is 11.6. The van der Waals surface area contributed by atoms with Crippen LogP contribution in [0.2, 0.25) is 0 Å². The van der Waals surface area contributed by atoms with Crippen LogP contribution in [0.4, 0.5) is 0 Å². The summed E-state index contributed by atoms with van der Waals surface area (Å²) in [5.41, 5.74) is 0.288. The molecule has 0 aliphatic carbocycles. The summed E-state index contributed by atoms with van der Waals surface area (Å²) < 4.78 is 1.68. The van der Waals surface area contributed by atoms with Crippen LogP contribution in [-0.4, -0.2) is 32.9 Å². The van der Waals surface area contributed by atoms with Crippen LogP contribution in [0.1, 0.15) is 26.0 Å². The Kier molecular flexibility index (Phi) is 4.45. The highest BCUT2D eigenvalue weighted by Gasteiger charge is 2.21. The molecule has 1 atom stereocenters. The van der Waals surface area contributed by atoms with Crippen molar-refractivity contribution >= 4 is 12.0 Å². The first-order chi connectivity index (χ1) is 8.00. The van der Waals surface area contributed by atoms with Crippen molar-refractivity contribution < 1.29 is 9.90 Å². The number of aliphatic hydroxyl groups excluding tert-OH is 1. The highest BCUT2D eigenvalue weighted by molar-refractivity contribution is 5.91. The van der Waals surface area contributed by atoms with Gasteiger partial charge in [0.2, 0.25) is 5.91 Å². The molecule has 1 heterocycles. The van der Waals surface area contributed by atoms with Crippen LogP contribution in [-0.2, 0) is 11.8 Å². The summed E-state index contributed by atoms with van der Waals surface area (Å²) in [7, 11) is 1.81. The number of nitrogens with one attached hydrogen (secondary N) is 1. The van der Waals surface area contributed by atoms with E-state index in [1.165, 1.54) is 6.08 Å². The maximum atomic E-state index is 11.6. The predicted molar refractivity (Wildman–Crippen MR) is 66.2 cm³/mol. The molecule has 94 valence electrons. The van der Waals surface area contributed by atoms with Crippen molar-refractivity contribution in [2.45, 2.75) is 25.8 Å². The summed E-state index contributed by atoms with van der Waals surface area (Å²) in [6, 6.07) is 1.81. The minimum atomic E-state index is -0.562. The van der Waals surface area contributed by atoms with Crippen molar-refractivity contribution in [3.05, 3.63) is 24.0 Å². The third-order valence-corrected chi connectivity index (χ3v) is 2.82. The minimum Gasteiger partial charge on any atom is -0.394 e. The van der Waals surface area contributed by atoms with Crippen molar-refractivity contribution in [3.63, 3.8) is 0 Å². The maximum absolute atomic E-state index is 11.6. The Balaban J connectivity index is 2.61. The minimum absolute atomic E-state index is 0.0746. The number of carbonyl (C=O) groups excluding carboxylic acids is 1. The normalized spacial score (nSPS) is 14.8. The number of hydrogen-bond donors (Lipinski definition) is 2. The number of aliphatic hydroxyl groups is 1. The van der Waals surface area contributed by atoms with Gasteiger partial charge in [0.15, 0.2) is 0 Å². The van der Waals surface area contributed by atoms with Crippen LogP contribution in [0.25, 0.3) is 6.08 Å². The fourth-order valence-electron chi connectivity index (χ4n) is 1.29. The molecule has 1 aromatic rings. The van der Waals surface area contributed by atoms with Gasteiger partial charge in [0.25, 0.3) is 0 Å². The SMILES string of the molecule is CCC(C)(CO)NC(=O)C=Cc1ccnn1C. The van der Waals surface area contributed by atoms with Gasteiger partial charge in [-0.3, -0.25) is 9.48 Å². The molecular weight excluding hydrogens is 218 g/mol. The highest BCUT2D eigenvalue weighted by atomic mass is 16.3. The van der Waals surface area contributed by atoms with E-state index >= 15 is 0 Å². The van der Waals surface area contributed by atoms with Crippen LogP contribution in [0, 0.1) is 0 Å².